The number of carbonyl (C=O) groups is 2. The average Bonchev–Trinajstić information content (AvgIpc) is 2.54. The number of carbonyl (C=O) groups excluding carboxylic acids is 2. The zero-order chi connectivity index (χ0) is 13.0. The molecule has 0 spiro atoms. The molecule has 1 aliphatic rings. The van der Waals surface area contributed by atoms with E-state index in [1.807, 2.05) is 31.2 Å². The maximum atomic E-state index is 12.1. The lowest BCUT2D eigenvalue weighted by molar-refractivity contribution is -0.134. The number of aryl methyl sites for hydroxylation is 1. The molecule has 0 aliphatic carbocycles. The fourth-order valence-corrected chi connectivity index (χ4v) is 2.13. The third-order valence-electron chi connectivity index (χ3n) is 3.05. The van der Waals surface area contributed by atoms with E-state index in [1.165, 1.54) is 0 Å². The molecular formula is C14H18N2O2. The minimum Gasteiger partial charge on any atom is -0.354 e. The molecule has 0 bridgehead atoms. The third-order valence-corrected chi connectivity index (χ3v) is 3.05. The Balaban J connectivity index is 2.00. The zero-order valence-electron chi connectivity index (χ0n) is 10.6. The first-order valence-corrected chi connectivity index (χ1v) is 6.25. The van der Waals surface area contributed by atoms with Crippen molar-refractivity contribution in [2.45, 2.75) is 19.8 Å². The quantitative estimate of drug-likeness (QED) is 0.842. The molecule has 18 heavy (non-hydrogen) atoms. The second-order valence-corrected chi connectivity index (χ2v) is 4.68. The van der Waals surface area contributed by atoms with E-state index in [2.05, 4.69) is 5.32 Å². The van der Waals surface area contributed by atoms with E-state index in [4.69, 9.17) is 0 Å². The molecule has 2 rings (SSSR count). The van der Waals surface area contributed by atoms with Crippen LogP contribution in [-0.4, -0.2) is 36.3 Å². The van der Waals surface area contributed by atoms with Crippen LogP contribution in [0.1, 0.15) is 17.5 Å². The van der Waals surface area contributed by atoms with Gasteiger partial charge in [-0.1, -0.05) is 29.8 Å². The lowest BCUT2D eigenvalue weighted by Crippen LogP contribution is -2.38. The molecule has 1 heterocycles. The van der Waals surface area contributed by atoms with Crippen LogP contribution in [0.3, 0.4) is 0 Å². The highest BCUT2D eigenvalue weighted by atomic mass is 16.2. The Labute approximate surface area is 107 Å². The molecule has 1 N–H and O–H groups in total. The van der Waals surface area contributed by atoms with Crippen LogP contribution >= 0.6 is 0 Å². The normalized spacial score (nSPS) is 16.1. The third kappa shape index (κ3) is 3.32. The standard InChI is InChI=1S/C14H18N2O2/c1-11-4-2-5-12(8-11)9-14(18)16-7-3-6-15-13(17)10-16/h2,4-5,8H,3,6-7,9-10H2,1H3,(H,15,17). The smallest absolute Gasteiger partial charge is 0.239 e. The van der Waals surface area contributed by atoms with Gasteiger partial charge in [0.15, 0.2) is 0 Å². The molecule has 2 amide bonds. The molecule has 1 aromatic rings. The van der Waals surface area contributed by atoms with E-state index < -0.39 is 0 Å². The van der Waals surface area contributed by atoms with E-state index in [9.17, 15) is 9.59 Å². The van der Waals surface area contributed by atoms with Crippen molar-refractivity contribution in [1.82, 2.24) is 10.2 Å². The molecule has 1 fully saturated rings. The molecule has 0 atom stereocenters. The Morgan fingerprint density at radius 2 is 2.28 bits per heavy atom. The van der Waals surface area contributed by atoms with Crippen molar-refractivity contribution in [3.8, 4) is 0 Å². The Morgan fingerprint density at radius 1 is 1.44 bits per heavy atom. The van der Waals surface area contributed by atoms with Crippen LogP contribution in [0.2, 0.25) is 0 Å². The Hall–Kier alpha value is -1.84. The summed E-state index contributed by atoms with van der Waals surface area (Å²) in [5.41, 5.74) is 2.15. The summed E-state index contributed by atoms with van der Waals surface area (Å²) in [5.74, 6) is -0.0391. The predicted molar refractivity (Wildman–Crippen MR) is 69.1 cm³/mol. The second kappa shape index (κ2) is 5.67. The van der Waals surface area contributed by atoms with Gasteiger partial charge in [0, 0.05) is 13.1 Å². The van der Waals surface area contributed by atoms with Gasteiger partial charge in [-0.25, -0.2) is 0 Å². The van der Waals surface area contributed by atoms with Crippen LogP contribution < -0.4 is 5.32 Å². The number of hydrogen-bond donors (Lipinski definition) is 1. The van der Waals surface area contributed by atoms with E-state index in [-0.39, 0.29) is 18.4 Å². The van der Waals surface area contributed by atoms with Crippen molar-refractivity contribution >= 4 is 11.8 Å². The van der Waals surface area contributed by atoms with Crippen molar-refractivity contribution in [2.75, 3.05) is 19.6 Å². The largest absolute Gasteiger partial charge is 0.354 e. The Kier molecular flexibility index (Phi) is 3.97. The molecule has 96 valence electrons. The van der Waals surface area contributed by atoms with Gasteiger partial charge in [-0.3, -0.25) is 9.59 Å². The number of rotatable bonds is 2. The van der Waals surface area contributed by atoms with Crippen molar-refractivity contribution in [1.29, 1.82) is 0 Å². The lowest BCUT2D eigenvalue weighted by Gasteiger charge is -2.19. The molecule has 0 aromatic heterocycles. The molecule has 1 aliphatic heterocycles. The second-order valence-electron chi connectivity index (χ2n) is 4.68. The monoisotopic (exact) mass is 246 g/mol. The van der Waals surface area contributed by atoms with E-state index in [1.54, 1.807) is 4.90 Å². The number of nitrogens with one attached hydrogen (secondary N) is 1. The molecule has 4 nitrogen and oxygen atoms in total. The van der Waals surface area contributed by atoms with Gasteiger partial charge in [0.1, 0.15) is 0 Å². The predicted octanol–water partition coefficient (Wildman–Crippen LogP) is 0.886. The average molecular weight is 246 g/mol. The van der Waals surface area contributed by atoms with E-state index >= 15 is 0 Å². The fourth-order valence-electron chi connectivity index (χ4n) is 2.13. The highest BCUT2D eigenvalue weighted by Crippen LogP contribution is 2.07. The van der Waals surface area contributed by atoms with Crippen molar-refractivity contribution in [3.05, 3.63) is 35.4 Å². The molecule has 0 unspecified atom stereocenters. The fraction of sp³-hybridized carbons (Fsp3) is 0.429. The van der Waals surface area contributed by atoms with Gasteiger partial charge in [0.2, 0.25) is 11.8 Å². The van der Waals surface area contributed by atoms with Gasteiger partial charge in [0.25, 0.3) is 0 Å². The number of nitrogens with zero attached hydrogens (tertiary/aromatic N) is 1. The molecule has 0 radical (unpaired) electrons. The Morgan fingerprint density at radius 3 is 3.06 bits per heavy atom. The van der Waals surface area contributed by atoms with Crippen molar-refractivity contribution < 1.29 is 9.59 Å². The van der Waals surface area contributed by atoms with E-state index in [0.29, 0.717) is 19.5 Å². The molecule has 1 saturated heterocycles. The summed E-state index contributed by atoms with van der Waals surface area (Å²) in [4.78, 5) is 25.2. The number of hydrogen-bond acceptors (Lipinski definition) is 2. The van der Waals surface area contributed by atoms with Gasteiger partial charge in [-0.15, -0.1) is 0 Å². The summed E-state index contributed by atoms with van der Waals surface area (Å²) >= 11 is 0. The number of amides is 2. The maximum Gasteiger partial charge on any atom is 0.239 e. The van der Waals surface area contributed by atoms with Crippen LogP contribution in [0.4, 0.5) is 0 Å². The van der Waals surface area contributed by atoms with Crippen molar-refractivity contribution in [2.24, 2.45) is 0 Å². The highest BCUT2D eigenvalue weighted by molar-refractivity contribution is 5.86. The first-order chi connectivity index (χ1) is 8.65. The highest BCUT2D eigenvalue weighted by Gasteiger charge is 2.19. The molecular weight excluding hydrogens is 228 g/mol. The maximum absolute atomic E-state index is 12.1. The summed E-state index contributed by atoms with van der Waals surface area (Å²) in [6.07, 6.45) is 1.19. The summed E-state index contributed by atoms with van der Waals surface area (Å²) in [7, 11) is 0. The zero-order valence-corrected chi connectivity index (χ0v) is 10.6. The minimum atomic E-state index is -0.0647. The Bertz CT molecular complexity index is 457. The van der Waals surface area contributed by atoms with Crippen LogP contribution in [0.5, 0.6) is 0 Å². The van der Waals surface area contributed by atoms with Crippen LogP contribution in [-0.2, 0) is 16.0 Å². The van der Waals surface area contributed by atoms with Crippen LogP contribution in [0.15, 0.2) is 24.3 Å². The summed E-state index contributed by atoms with van der Waals surface area (Å²) in [6.45, 7) is 3.51. The summed E-state index contributed by atoms with van der Waals surface area (Å²) in [6, 6.07) is 7.92. The first-order valence-electron chi connectivity index (χ1n) is 6.25. The minimum absolute atomic E-state index is 0.0256. The lowest BCUT2D eigenvalue weighted by atomic mass is 10.1. The van der Waals surface area contributed by atoms with Crippen LogP contribution in [0.25, 0.3) is 0 Å². The molecule has 4 heteroatoms. The SMILES string of the molecule is Cc1cccc(CC(=O)N2CCCNC(=O)C2)c1. The van der Waals surface area contributed by atoms with Gasteiger partial charge in [-0.05, 0) is 18.9 Å². The van der Waals surface area contributed by atoms with Gasteiger partial charge < -0.3 is 10.2 Å². The van der Waals surface area contributed by atoms with Crippen molar-refractivity contribution in [3.63, 3.8) is 0 Å². The molecule has 0 saturated carbocycles. The van der Waals surface area contributed by atoms with Gasteiger partial charge in [-0.2, -0.15) is 0 Å². The topological polar surface area (TPSA) is 49.4 Å². The molecule has 1 aromatic carbocycles. The van der Waals surface area contributed by atoms with Gasteiger partial charge >= 0.3 is 0 Å². The summed E-state index contributed by atoms with van der Waals surface area (Å²) < 4.78 is 0. The van der Waals surface area contributed by atoms with E-state index in [0.717, 1.165) is 17.5 Å². The number of benzene rings is 1. The van der Waals surface area contributed by atoms with Crippen LogP contribution in [0, 0.1) is 6.92 Å². The summed E-state index contributed by atoms with van der Waals surface area (Å²) in [5, 5.41) is 2.77. The van der Waals surface area contributed by atoms with Gasteiger partial charge in [0.05, 0.1) is 13.0 Å². The first kappa shape index (κ1) is 12.6.